The van der Waals surface area contributed by atoms with Crippen LogP contribution in [-0.4, -0.2) is 33.3 Å². The molecule has 7 nitrogen and oxygen atoms in total. The van der Waals surface area contributed by atoms with Gasteiger partial charge in [0.15, 0.2) is 0 Å². The van der Waals surface area contributed by atoms with Crippen molar-refractivity contribution in [3.8, 4) is 0 Å². The van der Waals surface area contributed by atoms with Crippen LogP contribution in [0.3, 0.4) is 0 Å². The fraction of sp³-hybridized carbons (Fsp3) is 0.200. The van der Waals surface area contributed by atoms with Crippen LogP contribution in [0.5, 0.6) is 0 Å². The predicted octanol–water partition coefficient (Wildman–Crippen LogP) is 4.29. The molecular formula is C25H27N3O4S. The zero-order chi connectivity index (χ0) is 24.0. The lowest BCUT2D eigenvalue weighted by atomic mass is 10.1. The van der Waals surface area contributed by atoms with Crippen LogP contribution in [0.1, 0.15) is 41.0 Å². The fourth-order valence-corrected chi connectivity index (χ4v) is 4.32. The lowest BCUT2D eigenvalue weighted by Crippen LogP contribution is -2.32. The van der Waals surface area contributed by atoms with Gasteiger partial charge >= 0.3 is 0 Å². The number of anilines is 2. The molecule has 0 aliphatic carbocycles. The van der Waals surface area contributed by atoms with E-state index >= 15 is 0 Å². The number of sulfonamides is 1. The van der Waals surface area contributed by atoms with Gasteiger partial charge in [-0.1, -0.05) is 37.3 Å². The minimum absolute atomic E-state index is 0.0120. The Morgan fingerprint density at radius 3 is 2.12 bits per heavy atom. The molecule has 172 valence electrons. The third kappa shape index (κ3) is 5.59. The number of hydrogen-bond donors (Lipinski definition) is 2. The highest BCUT2D eigenvalue weighted by atomic mass is 32.2. The van der Waals surface area contributed by atoms with E-state index in [4.69, 9.17) is 0 Å². The Kier molecular flexibility index (Phi) is 7.50. The highest BCUT2D eigenvalue weighted by molar-refractivity contribution is 7.92. The molecule has 0 heterocycles. The molecule has 0 spiro atoms. The standard InChI is InChI=1S/C25H27N3O4S/c1-4-18(2)26-25(30)22-12-8-9-13-23(22)27-24(29)19-14-16-20(17-15-19)28(3)33(31,32)21-10-6-5-7-11-21/h5-18H,4H2,1-3H3,(H,26,30)(H,27,29). The average Bonchev–Trinajstić information content (AvgIpc) is 2.84. The Morgan fingerprint density at radius 1 is 0.879 bits per heavy atom. The van der Waals surface area contributed by atoms with E-state index in [1.807, 2.05) is 13.8 Å². The van der Waals surface area contributed by atoms with Crippen molar-refractivity contribution >= 4 is 33.2 Å². The molecule has 8 heteroatoms. The summed E-state index contributed by atoms with van der Waals surface area (Å²) in [5.74, 6) is -0.665. The monoisotopic (exact) mass is 465 g/mol. The molecular weight excluding hydrogens is 438 g/mol. The molecule has 0 aliphatic heterocycles. The highest BCUT2D eigenvalue weighted by Gasteiger charge is 2.21. The van der Waals surface area contributed by atoms with Crippen LogP contribution >= 0.6 is 0 Å². The number of amides is 2. The molecule has 0 bridgehead atoms. The van der Waals surface area contributed by atoms with E-state index in [0.717, 1.165) is 6.42 Å². The number of nitrogens with zero attached hydrogens (tertiary/aromatic N) is 1. The molecule has 3 aromatic carbocycles. The molecule has 3 rings (SSSR count). The first-order valence-electron chi connectivity index (χ1n) is 10.6. The van der Waals surface area contributed by atoms with Gasteiger partial charge < -0.3 is 10.6 Å². The molecule has 0 aliphatic rings. The van der Waals surface area contributed by atoms with E-state index < -0.39 is 15.9 Å². The maximum absolute atomic E-state index is 12.8. The number of carbonyl (C=O) groups excluding carboxylic acids is 2. The Hall–Kier alpha value is -3.65. The summed E-state index contributed by atoms with van der Waals surface area (Å²) in [6.07, 6.45) is 0.793. The summed E-state index contributed by atoms with van der Waals surface area (Å²) in [5, 5.41) is 5.67. The second kappa shape index (κ2) is 10.3. The number of hydrogen-bond acceptors (Lipinski definition) is 4. The van der Waals surface area contributed by atoms with Crippen LogP contribution in [-0.2, 0) is 10.0 Å². The summed E-state index contributed by atoms with van der Waals surface area (Å²) < 4.78 is 26.8. The Labute approximate surface area is 194 Å². The Morgan fingerprint density at radius 2 is 1.48 bits per heavy atom. The molecule has 0 saturated heterocycles. The van der Waals surface area contributed by atoms with Gasteiger partial charge in [0.05, 0.1) is 21.8 Å². The summed E-state index contributed by atoms with van der Waals surface area (Å²) in [6, 6.07) is 21.2. The first-order chi connectivity index (χ1) is 15.7. The van der Waals surface area contributed by atoms with Gasteiger partial charge in [0.2, 0.25) is 0 Å². The van der Waals surface area contributed by atoms with E-state index in [9.17, 15) is 18.0 Å². The largest absolute Gasteiger partial charge is 0.350 e. The molecule has 1 unspecified atom stereocenters. The number of nitrogens with one attached hydrogen (secondary N) is 2. The third-order valence-corrected chi connectivity index (χ3v) is 7.10. The summed E-state index contributed by atoms with van der Waals surface area (Å²) in [6.45, 7) is 3.89. The summed E-state index contributed by atoms with van der Waals surface area (Å²) in [4.78, 5) is 25.5. The second-order valence-electron chi connectivity index (χ2n) is 7.61. The second-order valence-corrected chi connectivity index (χ2v) is 9.58. The van der Waals surface area contributed by atoms with Crippen molar-refractivity contribution in [3.05, 3.63) is 90.0 Å². The van der Waals surface area contributed by atoms with E-state index in [2.05, 4.69) is 10.6 Å². The van der Waals surface area contributed by atoms with Gasteiger partial charge in [-0.05, 0) is 61.9 Å². The van der Waals surface area contributed by atoms with Crippen LogP contribution in [0.4, 0.5) is 11.4 Å². The molecule has 3 aromatic rings. The number of carbonyl (C=O) groups is 2. The smallest absolute Gasteiger partial charge is 0.264 e. The first-order valence-corrected chi connectivity index (χ1v) is 12.0. The quantitative estimate of drug-likeness (QED) is 0.519. The van der Waals surface area contributed by atoms with Gasteiger partial charge in [-0.2, -0.15) is 0 Å². The number of para-hydroxylation sites is 1. The van der Waals surface area contributed by atoms with Crippen molar-refractivity contribution in [2.75, 3.05) is 16.7 Å². The fourth-order valence-electron chi connectivity index (χ4n) is 3.10. The van der Waals surface area contributed by atoms with Crippen LogP contribution in [0.25, 0.3) is 0 Å². The third-order valence-electron chi connectivity index (χ3n) is 5.30. The number of rotatable bonds is 8. The molecule has 2 amide bonds. The van der Waals surface area contributed by atoms with E-state index in [0.29, 0.717) is 22.5 Å². The van der Waals surface area contributed by atoms with Crippen molar-refractivity contribution in [3.63, 3.8) is 0 Å². The van der Waals surface area contributed by atoms with Crippen molar-refractivity contribution in [2.45, 2.75) is 31.2 Å². The topological polar surface area (TPSA) is 95.6 Å². The molecule has 0 aromatic heterocycles. The van der Waals surface area contributed by atoms with Crippen molar-refractivity contribution in [2.24, 2.45) is 0 Å². The first kappa shape index (κ1) is 24.0. The van der Waals surface area contributed by atoms with Crippen LogP contribution in [0, 0.1) is 0 Å². The van der Waals surface area contributed by atoms with Crippen molar-refractivity contribution < 1.29 is 18.0 Å². The molecule has 1 atom stereocenters. The minimum Gasteiger partial charge on any atom is -0.350 e. The maximum Gasteiger partial charge on any atom is 0.264 e. The predicted molar refractivity (Wildman–Crippen MR) is 130 cm³/mol. The van der Waals surface area contributed by atoms with E-state index in [1.165, 1.54) is 23.5 Å². The summed E-state index contributed by atoms with van der Waals surface area (Å²) in [7, 11) is -2.25. The van der Waals surface area contributed by atoms with Crippen molar-refractivity contribution in [1.82, 2.24) is 5.32 Å². The molecule has 0 saturated carbocycles. The average molecular weight is 466 g/mol. The lowest BCUT2D eigenvalue weighted by molar-refractivity contribution is 0.0940. The van der Waals surface area contributed by atoms with E-state index in [1.54, 1.807) is 66.7 Å². The van der Waals surface area contributed by atoms with Gasteiger partial charge in [0.1, 0.15) is 0 Å². The Bertz CT molecular complexity index is 1230. The van der Waals surface area contributed by atoms with Gasteiger partial charge in [0, 0.05) is 18.7 Å². The normalized spacial score (nSPS) is 12.0. The van der Waals surface area contributed by atoms with Crippen LogP contribution in [0.15, 0.2) is 83.8 Å². The van der Waals surface area contributed by atoms with Gasteiger partial charge in [-0.25, -0.2) is 8.42 Å². The lowest BCUT2D eigenvalue weighted by Gasteiger charge is -2.20. The van der Waals surface area contributed by atoms with Crippen molar-refractivity contribution in [1.29, 1.82) is 0 Å². The summed E-state index contributed by atoms with van der Waals surface area (Å²) >= 11 is 0. The minimum atomic E-state index is -3.71. The molecule has 0 radical (unpaired) electrons. The summed E-state index contributed by atoms with van der Waals surface area (Å²) in [5.41, 5.74) is 1.53. The molecule has 2 N–H and O–H groups in total. The van der Waals surface area contributed by atoms with Crippen LogP contribution < -0.4 is 14.9 Å². The van der Waals surface area contributed by atoms with Gasteiger partial charge in [-0.15, -0.1) is 0 Å². The Balaban J connectivity index is 1.76. The molecule has 33 heavy (non-hydrogen) atoms. The zero-order valence-electron chi connectivity index (χ0n) is 18.8. The highest BCUT2D eigenvalue weighted by Crippen LogP contribution is 2.23. The van der Waals surface area contributed by atoms with Crippen LogP contribution in [0.2, 0.25) is 0 Å². The number of benzene rings is 3. The maximum atomic E-state index is 12.8. The van der Waals surface area contributed by atoms with E-state index in [-0.39, 0.29) is 16.8 Å². The van der Waals surface area contributed by atoms with Gasteiger partial charge in [-0.3, -0.25) is 13.9 Å². The zero-order valence-corrected chi connectivity index (χ0v) is 19.6. The molecule has 0 fully saturated rings. The van der Waals surface area contributed by atoms with Gasteiger partial charge in [0.25, 0.3) is 21.8 Å². The SMILES string of the molecule is CCC(C)NC(=O)c1ccccc1NC(=O)c1ccc(N(C)S(=O)(=O)c2ccccc2)cc1.